The van der Waals surface area contributed by atoms with Crippen LogP contribution in [0.1, 0.15) is 25.3 Å². The zero-order chi connectivity index (χ0) is 13.7. The summed E-state index contributed by atoms with van der Waals surface area (Å²) in [6, 6.07) is 5.97. The Morgan fingerprint density at radius 2 is 2.11 bits per heavy atom. The highest BCUT2D eigenvalue weighted by Gasteiger charge is 2.41. The molecule has 4 heteroatoms. The fourth-order valence-electron chi connectivity index (χ4n) is 2.14. The molecule has 0 amide bonds. The molecule has 2 N–H and O–H groups in total. The first-order chi connectivity index (χ1) is 9.23. The molecular formula is C15H23NO3. The maximum atomic E-state index is 9.26. The number of rotatable bonds is 8. The monoisotopic (exact) mass is 265 g/mol. The van der Waals surface area contributed by atoms with Gasteiger partial charge < -0.3 is 19.9 Å². The summed E-state index contributed by atoms with van der Waals surface area (Å²) >= 11 is 0. The van der Waals surface area contributed by atoms with Gasteiger partial charge in [0, 0.05) is 25.1 Å². The second-order valence-corrected chi connectivity index (χ2v) is 5.18. The van der Waals surface area contributed by atoms with Gasteiger partial charge in [-0.15, -0.1) is 0 Å². The number of aliphatic hydroxyl groups excluding tert-OH is 1. The molecule has 0 unspecified atom stereocenters. The minimum Gasteiger partial charge on any atom is -0.493 e. The Kier molecular flexibility index (Phi) is 4.66. The molecule has 4 nitrogen and oxygen atoms in total. The maximum Gasteiger partial charge on any atom is 0.161 e. The van der Waals surface area contributed by atoms with Crippen LogP contribution in [0.3, 0.4) is 0 Å². The molecule has 1 fully saturated rings. The van der Waals surface area contributed by atoms with Gasteiger partial charge in [0.15, 0.2) is 11.5 Å². The first-order valence-electron chi connectivity index (χ1n) is 6.84. The summed E-state index contributed by atoms with van der Waals surface area (Å²) in [6.45, 7) is 4.53. The van der Waals surface area contributed by atoms with Gasteiger partial charge in [-0.3, -0.25) is 0 Å². The molecule has 0 saturated heterocycles. The van der Waals surface area contributed by atoms with Crippen molar-refractivity contribution in [2.75, 3.05) is 26.9 Å². The molecule has 1 saturated carbocycles. The van der Waals surface area contributed by atoms with Crippen molar-refractivity contribution in [3.63, 3.8) is 0 Å². The van der Waals surface area contributed by atoms with Crippen LogP contribution in [0.4, 0.5) is 0 Å². The summed E-state index contributed by atoms with van der Waals surface area (Å²) in [5, 5.41) is 12.7. The fraction of sp³-hybridized carbons (Fsp3) is 0.600. The second kappa shape index (κ2) is 6.26. The number of nitrogens with one attached hydrogen (secondary N) is 1. The number of methoxy groups -OCH3 is 1. The van der Waals surface area contributed by atoms with Crippen LogP contribution in [-0.2, 0) is 6.54 Å². The lowest BCUT2D eigenvalue weighted by molar-refractivity contribution is 0.207. The molecule has 0 aliphatic heterocycles. The lowest BCUT2D eigenvalue weighted by Crippen LogP contribution is -2.26. The maximum absolute atomic E-state index is 9.26. The summed E-state index contributed by atoms with van der Waals surface area (Å²) in [5.41, 5.74) is 1.31. The molecule has 19 heavy (non-hydrogen) atoms. The summed E-state index contributed by atoms with van der Waals surface area (Å²) in [6.07, 6.45) is 2.26. The summed E-state index contributed by atoms with van der Waals surface area (Å²) in [5.74, 6) is 1.55. The van der Waals surface area contributed by atoms with Crippen molar-refractivity contribution >= 4 is 0 Å². The van der Waals surface area contributed by atoms with Gasteiger partial charge in [0.2, 0.25) is 0 Å². The Morgan fingerprint density at radius 3 is 2.68 bits per heavy atom. The van der Waals surface area contributed by atoms with Crippen LogP contribution in [0, 0.1) is 5.41 Å². The molecule has 106 valence electrons. The third-order valence-corrected chi connectivity index (χ3v) is 3.65. The van der Waals surface area contributed by atoms with E-state index in [0.29, 0.717) is 6.61 Å². The van der Waals surface area contributed by atoms with Crippen LogP contribution in [-0.4, -0.2) is 32.0 Å². The van der Waals surface area contributed by atoms with E-state index in [-0.39, 0.29) is 12.0 Å². The predicted octanol–water partition coefficient (Wildman–Crippen LogP) is 1.96. The molecular weight excluding hydrogens is 242 g/mol. The number of hydrogen-bond donors (Lipinski definition) is 2. The normalized spacial score (nSPS) is 16.2. The van der Waals surface area contributed by atoms with Crippen molar-refractivity contribution in [2.24, 2.45) is 5.41 Å². The topological polar surface area (TPSA) is 50.7 Å². The highest BCUT2D eigenvalue weighted by atomic mass is 16.5. The second-order valence-electron chi connectivity index (χ2n) is 5.18. The molecule has 0 spiro atoms. The first-order valence-corrected chi connectivity index (χ1v) is 6.84. The highest BCUT2D eigenvalue weighted by Crippen LogP contribution is 2.44. The van der Waals surface area contributed by atoms with E-state index in [1.165, 1.54) is 0 Å². The van der Waals surface area contributed by atoms with Gasteiger partial charge in [0.1, 0.15) is 0 Å². The Bertz CT molecular complexity index is 416. The van der Waals surface area contributed by atoms with Crippen molar-refractivity contribution < 1.29 is 14.6 Å². The summed E-state index contributed by atoms with van der Waals surface area (Å²) in [7, 11) is 1.65. The van der Waals surface area contributed by atoms with Gasteiger partial charge in [-0.05, 0) is 37.5 Å². The van der Waals surface area contributed by atoms with E-state index in [0.717, 1.165) is 43.0 Å². The lowest BCUT2D eigenvalue weighted by atomic mass is 10.1. The smallest absolute Gasteiger partial charge is 0.161 e. The molecule has 2 rings (SSSR count). The third kappa shape index (κ3) is 3.61. The molecule has 1 aromatic carbocycles. The van der Waals surface area contributed by atoms with E-state index in [2.05, 4.69) is 5.32 Å². The van der Waals surface area contributed by atoms with Crippen LogP contribution in [0.25, 0.3) is 0 Å². The number of ether oxygens (including phenoxy) is 2. The van der Waals surface area contributed by atoms with E-state index >= 15 is 0 Å². The lowest BCUT2D eigenvalue weighted by Gasteiger charge is -2.14. The Balaban J connectivity index is 1.91. The molecule has 1 aliphatic carbocycles. The quantitative estimate of drug-likeness (QED) is 0.754. The molecule has 0 bridgehead atoms. The van der Waals surface area contributed by atoms with Gasteiger partial charge >= 0.3 is 0 Å². The van der Waals surface area contributed by atoms with Gasteiger partial charge in [-0.2, -0.15) is 0 Å². The Hall–Kier alpha value is -1.26. The van der Waals surface area contributed by atoms with Crippen LogP contribution in [0.5, 0.6) is 11.5 Å². The molecule has 1 aromatic rings. The van der Waals surface area contributed by atoms with E-state index in [4.69, 9.17) is 9.47 Å². The van der Waals surface area contributed by atoms with Gasteiger partial charge in [-0.1, -0.05) is 6.07 Å². The molecule has 1 aliphatic rings. The average molecular weight is 265 g/mol. The van der Waals surface area contributed by atoms with Crippen molar-refractivity contribution in [3.05, 3.63) is 23.8 Å². The summed E-state index contributed by atoms with van der Waals surface area (Å²) in [4.78, 5) is 0. The van der Waals surface area contributed by atoms with Crippen molar-refractivity contribution in [1.82, 2.24) is 5.32 Å². The van der Waals surface area contributed by atoms with E-state index < -0.39 is 0 Å². The van der Waals surface area contributed by atoms with Crippen LogP contribution in [0.2, 0.25) is 0 Å². The Morgan fingerprint density at radius 1 is 1.32 bits per heavy atom. The number of aliphatic hydroxyl groups is 1. The van der Waals surface area contributed by atoms with Crippen molar-refractivity contribution in [1.29, 1.82) is 0 Å². The molecule has 0 aromatic heterocycles. The van der Waals surface area contributed by atoms with Crippen LogP contribution < -0.4 is 14.8 Å². The van der Waals surface area contributed by atoms with Crippen molar-refractivity contribution in [2.45, 2.75) is 26.3 Å². The van der Waals surface area contributed by atoms with Crippen LogP contribution >= 0.6 is 0 Å². The van der Waals surface area contributed by atoms with E-state index in [9.17, 15) is 5.11 Å². The first kappa shape index (κ1) is 14.2. The largest absolute Gasteiger partial charge is 0.493 e. The zero-order valence-corrected chi connectivity index (χ0v) is 11.7. The number of hydrogen-bond acceptors (Lipinski definition) is 4. The minimum absolute atomic E-state index is 0.148. The molecule has 0 atom stereocenters. The van der Waals surface area contributed by atoms with Gasteiger partial charge in [0.25, 0.3) is 0 Å². The van der Waals surface area contributed by atoms with E-state index in [1.807, 2.05) is 25.1 Å². The number of benzene rings is 1. The SMILES string of the molecule is CCOc1cc(CNCC2(CO)CC2)ccc1OC. The van der Waals surface area contributed by atoms with Gasteiger partial charge in [0.05, 0.1) is 13.7 Å². The molecule has 0 radical (unpaired) electrons. The summed E-state index contributed by atoms with van der Waals surface area (Å²) < 4.78 is 10.8. The Labute approximate surface area is 114 Å². The third-order valence-electron chi connectivity index (χ3n) is 3.65. The fourth-order valence-corrected chi connectivity index (χ4v) is 2.14. The van der Waals surface area contributed by atoms with E-state index in [1.54, 1.807) is 7.11 Å². The minimum atomic E-state index is 0.148. The van der Waals surface area contributed by atoms with Crippen molar-refractivity contribution in [3.8, 4) is 11.5 Å². The molecule has 0 heterocycles. The average Bonchev–Trinajstić information content (AvgIpc) is 3.20. The highest BCUT2D eigenvalue weighted by molar-refractivity contribution is 5.42. The van der Waals surface area contributed by atoms with Crippen LogP contribution in [0.15, 0.2) is 18.2 Å². The zero-order valence-electron chi connectivity index (χ0n) is 11.7. The standard InChI is InChI=1S/C15H23NO3/c1-3-19-14-8-12(4-5-13(14)18-2)9-16-10-15(11-17)6-7-15/h4-5,8,16-17H,3,6-7,9-11H2,1-2H3. The predicted molar refractivity (Wildman–Crippen MR) is 74.6 cm³/mol. The van der Waals surface area contributed by atoms with Gasteiger partial charge in [-0.25, -0.2) is 0 Å².